The second-order valence-corrected chi connectivity index (χ2v) is 6.92. The van der Waals surface area contributed by atoms with Gasteiger partial charge in [-0.2, -0.15) is 0 Å². The van der Waals surface area contributed by atoms with Crippen molar-refractivity contribution in [1.29, 1.82) is 0 Å². The molecule has 0 radical (unpaired) electrons. The van der Waals surface area contributed by atoms with Gasteiger partial charge in [0.15, 0.2) is 0 Å². The summed E-state index contributed by atoms with van der Waals surface area (Å²) in [6.45, 7) is 0. The number of carbonyl (C=O) groups is 1. The molecule has 1 N–H and O–H groups in total. The summed E-state index contributed by atoms with van der Waals surface area (Å²) >= 11 is 8.92. The molecule has 1 heterocycles. The van der Waals surface area contributed by atoms with E-state index >= 15 is 0 Å². The van der Waals surface area contributed by atoms with Crippen LogP contribution in [0.1, 0.15) is 32.1 Å². The van der Waals surface area contributed by atoms with E-state index in [0.29, 0.717) is 0 Å². The third-order valence-electron chi connectivity index (χ3n) is 2.87. The molecule has 16 heavy (non-hydrogen) atoms. The minimum atomic E-state index is -0.320. The number of rotatable bonds is 4. The Morgan fingerprint density at radius 3 is 2.69 bits per heavy atom. The maximum absolute atomic E-state index is 11.2. The van der Waals surface area contributed by atoms with Crippen LogP contribution in [-0.4, -0.2) is 11.8 Å². The van der Waals surface area contributed by atoms with Gasteiger partial charge < -0.3 is 4.79 Å². The number of aldehydes is 1. The van der Waals surface area contributed by atoms with Gasteiger partial charge in [0.05, 0.1) is 14.1 Å². The van der Waals surface area contributed by atoms with Crippen molar-refractivity contribution in [2.24, 2.45) is 0 Å². The van der Waals surface area contributed by atoms with Gasteiger partial charge >= 0.3 is 0 Å². The smallest absolute Gasteiger partial charge is 0.140 e. The monoisotopic (exact) mass is 275 g/mol. The van der Waals surface area contributed by atoms with E-state index in [2.05, 4.69) is 4.72 Å². The maximum Gasteiger partial charge on any atom is 0.140 e. The zero-order valence-electron chi connectivity index (χ0n) is 8.87. The van der Waals surface area contributed by atoms with Crippen LogP contribution in [0.5, 0.6) is 0 Å². The van der Waals surface area contributed by atoms with Gasteiger partial charge in [0.1, 0.15) is 6.29 Å². The lowest BCUT2D eigenvalue weighted by Gasteiger charge is -2.32. The fourth-order valence-electron chi connectivity index (χ4n) is 1.93. The van der Waals surface area contributed by atoms with Crippen molar-refractivity contribution < 1.29 is 4.79 Å². The van der Waals surface area contributed by atoms with E-state index < -0.39 is 0 Å². The van der Waals surface area contributed by atoms with Gasteiger partial charge in [0.2, 0.25) is 0 Å². The van der Waals surface area contributed by atoms with Gasteiger partial charge in [0.25, 0.3) is 0 Å². The summed E-state index contributed by atoms with van der Waals surface area (Å²) in [5.41, 5.74) is -0.320. The highest BCUT2D eigenvalue weighted by atomic mass is 35.5. The Bertz CT molecular complexity index is 361. The van der Waals surface area contributed by atoms with E-state index in [1.165, 1.54) is 29.7 Å². The molecule has 5 heteroatoms. The van der Waals surface area contributed by atoms with Crippen molar-refractivity contribution in [2.75, 3.05) is 0 Å². The third-order valence-corrected chi connectivity index (χ3v) is 5.25. The van der Waals surface area contributed by atoms with Crippen molar-refractivity contribution >= 4 is 41.2 Å². The summed E-state index contributed by atoms with van der Waals surface area (Å²) in [5.74, 6) is 0. The Balaban J connectivity index is 1.94. The molecular formula is C11H14ClNOS2. The molecule has 1 saturated carbocycles. The summed E-state index contributed by atoms with van der Waals surface area (Å²) in [5, 5.41) is 0. The van der Waals surface area contributed by atoms with E-state index in [9.17, 15) is 4.79 Å². The van der Waals surface area contributed by atoms with E-state index in [1.54, 1.807) is 0 Å². The Morgan fingerprint density at radius 1 is 1.38 bits per heavy atom. The first-order valence-corrected chi connectivity index (χ1v) is 7.41. The molecule has 0 aliphatic heterocycles. The maximum atomic E-state index is 11.2. The van der Waals surface area contributed by atoms with Crippen molar-refractivity contribution in [1.82, 2.24) is 4.72 Å². The van der Waals surface area contributed by atoms with Crippen molar-refractivity contribution in [3.8, 4) is 0 Å². The second-order valence-electron chi connectivity index (χ2n) is 4.10. The van der Waals surface area contributed by atoms with Gasteiger partial charge in [-0.25, -0.2) is 4.72 Å². The molecule has 0 bridgehead atoms. The van der Waals surface area contributed by atoms with Crippen molar-refractivity contribution in [3.05, 3.63) is 16.5 Å². The Hall–Kier alpha value is -0.0300. The fourth-order valence-corrected chi connectivity index (χ4v) is 4.10. The molecule has 0 spiro atoms. The first kappa shape index (κ1) is 12.4. The molecule has 2 rings (SSSR count). The lowest BCUT2D eigenvalue weighted by molar-refractivity contribution is -0.113. The largest absolute Gasteiger partial charge is 0.301 e. The molecule has 0 unspecified atom stereocenters. The van der Waals surface area contributed by atoms with Crippen LogP contribution in [0.3, 0.4) is 0 Å². The van der Waals surface area contributed by atoms with Gasteiger partial charge in [-0.15, -0.1) is 11.3 Å². The third kappa shape index (κ3) is 3.00. The summed E-state index contributed by atoms with van der Waals surface area (Å²) in [6, 6.07) is 3.86. The summed E-state index contributed by atoms with van der Waals surface area (Å²) < 4.78 is 5.21. The van der Waals surface area contributed by atoms with Crippen LogP contribution in [0.4, 0.5) is 0 Å². The molecule has 1 aliphatic rings. The molecule has 88 valence electrons. The Labute approximate surface area is 109 Å². The number of hydrogen-bond donors (Lipinski definition) is 1. The van der Waals surface area contributed by atoms with Gasteiger partial charge in [-0.1, -0.05) is 30.9 Å². The highest BCUT2D eigenvalue weighted by molar-refractivity contribution is 7.99. The molecule has 0 amide bonds. The SMILES string of the molecule is O=CC1(NSc2ccc(Cl)s2)CCCCC1. The van der Waals surface area contributed by atoms with Gasteiger partial charge in [0, 0.05) is 0 Å². The van der Waals surface area contributed by atoms with Crippen LogP contribution < -0.4 is 4.72 Å². The lowest BCUT2D eigenvalue weighted by atomic mass is 9.84. The molecule has 1 aliphatic carbocycles. The minimum Gasteiger partial charge on any atom is -0.301 e. The zero-order valence-corrected chi connectivity index (χ0v) is 11.3. The van der Waals surface area contributed by atoms with Crippen LogP contribution in [0.15, 0.2) is 16.3 Å². The number of halogens is 1. The van der Waals surface area contributed by atoms with Crippen molar-refractivity contribution in [3.63, 3.8) is 0 Å². The molecule has 1 fully saturated rings. The fraction of sp³-hybridized carbons (Fsp3) is 0.545. The molecule has 1 aromatic rings. The average molecular weight is 276 g/mol. The molecule has 1 aromatic heterocycles. The highest BCUT2D eigenvalue weighted by Gasteiger charge is 2.31. The predicted molar refractivity (Wildman–Crippen MR) is 70.2 cm³/mol. The minimum absolute atomic E-state index is 0.320. The van der Waals surface area contributed by atoms with E-state index in [-0.39, 0.29) is 5.54 Å². The number of nitrogens with one attached hydrogen (secondary N) is 1. The van der Waals surface area contributed by atoms with Gasteiger partial charge in [-0.3, -0.25) is 0 Å². The molecular weight excluding hydrogens is 262 g/mol. The Kier molecular flexibility index (Phi) is 4.30. The van der Waals surface area contributed by atoms with Crippen LogP contribution in [-0.2, 0) is 4.79 Å². The lowest BCUT2D eigenvalue weighted by Crippen LogP contribution is -2.44. The normalized spacial score (nSPS) is 19.6. The molecule has 0 saturated heterocycles. The topological polar surface area (TPSA) is 29.1 Å². The highest BCUT2D eigenvalue weighted by Crippen LogP contribution is 2.33. The van der Waals surface area contributed by atoms with Crippen LogP contribution in [0.2, 0.25) is 4.34 Å². The van der Waals surface area contributed by atoms with Crippen LogP contribution in [0, 0.1) is 0 Å². The molecule has 0 aromatic carbocycles. The summed E-state index contributed by atoms with van der Waals surface area (Å²) in [4.78, 5) is 11.2. The van der Waals surface area contributed by atoms with E-state index in [0.717, 1.165) is 40.5 Å². The number of hydrogen-bond acceptors (Lipinski definition) is 4. The zero-order chi connectivity index (χ0) is 11.4. The summed E-state index contributed by atoms with van der Waals surface area (Å²) in [6.07, 6.45) is 6.49. The first-order chi connectivity index (χ1) is 7.74. The molecule has 2 nitrogen and oxygen atoms in total. The quantitative estimate of drug-likeness (QED) is 0.667. The molecule has 0 atom stereocenters. The van der Waals surface area contributed by atoms with Crippen molar-refractivity contribution in [2.45, 2.75) is 41.9 Å². The van der Waals surface area contributed by atoms with Crippen LogP contribution >= 0.6 is 34.9 Å². The van der Waals surface area contributed by atoms with E-state index in [1.807, 2.05) is 12.1 Å². The average Bonchev–Trinajstić information content (AvgIpc) is 2.74. The predicted octanol–water partition coefficient (Wildman–Crippen LogP) is 3.90. The van der Waals surface area contributed by atoms with Crippen LogP contribution in [0.25, 0.3) is 0 Å². The standard InChI is InChI=1S/C11H14ClNOS2/c12-9-4-5-10(15-9)16-13-11(8-14)6-2-1-3-7-11/h4-5,8,13H,1-3,6-7H2. The summed E-state index contributed by atoms with van der Waals surface area (Å²) in [7, 11) is 0. The first-order valence-electron chi connectivity index (χ1n) is 5.40. The van der Waals surface area contributed by atoms with E-state index in [4.69, 9.17) is 11.6 Å². The number of carbonyl (C=O) groups excluding carboxylic acids is 1. The number of thiophene rings is 1. The second kappa shape index (κ2) is 5.54. The van der Waals surface area contributed by atoms with Gasteiger partial charge in [-0.05, 0) is 36.9 Å². The Morgan fingerprint density at radius 2 is 2.12 bits per heavy atom.